The van der Waals surface area contributed by atoms with Crippen LogP contribution in [0.25, 0.3) is 5.69 Å². The largest absolute Gasteiger partial charge is 0.378 e. The molecule has 0 bridgehead atoms. The van der Waals surface area contributed by atoms with E-state index in [0.29, 0.717) is 37.2 Å². The molecule has 1 aromatic carbocycles. The number of carbonyl (C=O) groups is 1. The fourth-order valence-electron chi connectivity index (χ4n) is 2.32. The molecule has 0 aliphatic carbocycles. The van der Waals surface area contributed by atoms with Crippen molar-refractivity contribution in [3.05, 3.63) is 29.3 Å². The van der Waals surface area contributed by atoms with Crippen LogP contribution in [0.15, 0.2) is 23.4 Å². The number of thioether (sulfide) groups is 1. The molecule has 122 valence electrons. The maximum Gasteiger partial charge on any atom is 0.233 e. The molecule has 0 unspecified atom stereocenters. The van der Waals surface area contributed by atoms with Gasteiger partial charge in [0.05, 0.1) is 24.7 Å². The summed E-state index contributed by atoms with van der Waals surface area (Å²) in [6.07, 6.45) is 0. The summed E-state index contributed by atoms with van der Waals surface area (Å²) in [5, 5.41) is 12.4. The van der Waals surface area contributed by atoms with Gasteiger partial charge < -0.3 is 9.64 Å². The van der Waals surface area contributed by atoms with E-state index in [4.69, 9.17) is 4.74 Å². The maximum absolute atomic E-state index is 12.2. The highest BCUT2D eigenvalue weighted by molar-refractivity contribution is 7.99. The van der Waals surface area contributed by atoms with E-state index in [0.717, 1.165) is 5.69 Å². The van der Waals surface area contributed by atoms with E-state index in [9.17, 15) is 4.79 Å². The number of aromatic nitrogens is 4. The van der Waals surface area contributed by atoms with E-state index >= 15 is 0 Å². The van der Waals surface area contributed by atoms with Gasteiger partial charge in [0.1, 0.15) is 0 Å². The number of morpholine rings is 1. The van der Waals surface area contributed by atoms with E-state index in [1.165, 1.54) is 22.9 Å². The standard InChI is InChI=1S/C15H19N5O2S/c1-11-3-4-13(9-12(11)2)20-15(16-17-18-20)23-10-14(21)19-5-7-22-8-6-19/h3-4,9H,5-8,10H2,1-2H3. The molecule has 8 heteroatoms. The Morgan fingerprint density at radius 2 is 2.04 bits per heavy atom. The van der Waals surface area contributed by atoms with Crippen molar-refractivity contribution in [2.45, 2.75) is 19.0 Å². The number of tetrazole rings is 1. The molecule has 1 aliphatic rings. The summed E-state index contributed by atoms with van der Waals surface area (Å²) in [5.74, 6) is 0.415. The van der Waals surface area contributed by atoms with Gasteiger partial charge in [-0.25, -0.2) is 0 Å². The molecule has 23 heavy (non-hydrogen) atoms. The summed E-state index contributed by atoms with van der Waals surface area (Å²) >= 11 is 1.36. The monoisotopic (exact) mass is 333 g/mol. The van der Waals surface area contributed by atoms with Gasteiger partial charge in [-0.15, -0.1) is 5.10 Å². The zero-order valence-corrected chi connectivity index (χ0v) is 14.0. The summed E-state index contributed by atoms with van der Waals surface area (Å²) in [7, 11) is 0. The van der Waals surface area contributed by atoms with Gasteiger partial charge in [0.2, 0.25) is 11.1 Å². The molecule has 7 nitrogen and oxygen atoms in total. The third-order valence-electron chi connectivity index (χ3n) is 3.86. The number of carbonyl (C=O) groups excluding carboxylic acids is 1. The lowest BCUT2D eigenvalue weighted by Gasteiger charge is -2.26. The van der Waals surface area contributed by atoms with Crippen LogP contribution in [-0.4, -0.2) is 63.1 Å². The van der Waals surface area contributed by atoms with Crippen molar-refractivity contribution in [2.24, 2.45) is 0 Å². The Bertz CT molecular complexity index is 697. The van der Waals surface area contributed by atoms with Gasteiger partial charge in [-0.2, -0.15) is 4.68 Å². The zero-order chi connectivity index (χ0) is 16.2. The van der Waals surface area contributed by atoms with Crippen LogP contribution in [0, 0.1) is 13.8 Å². The molecule has 0 N–H and O–H groups in total. The fourth-order valence-corrected chi connectivity index (χ4v) is 3.11. The molecule has 1 fully saturated rings. The Kier molecular flexibility index (Phi) is 4.92. The number of nitrogens with zero attached hydrogens (tertiary/aromatic N) is 5. The fraction of sp³-hybridized carbons (Fsp3) is 0.467. The van der Waals surface area contributed by atoms with E-state index < -0.39 is 0 Å². The van der Waals surface area contributed by atoms with Crippen molar-refractivity contribution >= 4 is 17.7 Å². The third kappa shape index (κ3) is 3.70. The van der Waals surface area contributed by atoms with Crippen LogP contribution in [0.4, 0.5) is 0 Å². The van der Waals surface area contributed by atoms with Crippen molar-refractivity contribution in [1.82, 2.24) is 25.1 Å². The summed E-state index contributed by atoms with van der Waals surface area (Å²) < 4.78 is 6.93. The number of aryl methyl sites for hydroxylation is 2. The second kappa shape index (κ2) is 7.10. The molecule has 1 aromatic heterocycles. The topological polar surface area (TPSA) is 73.1 Å². The lowest BCUT2D eigenvalue weighted by atomic mass is 10.1. The van der Waals surface area contributed by atoms with Crippen molar-refractivity contribution in [3.63, 3.8) is 0 Å². The van der Waals surface area contributed by atoms with E-state index in [1.54, 1.807) is 4.68 Å². The molecule has 0 radical (unpaired) electrons. The summed E-state index contributed by atoms with van der Waals surface area (Å²) in [4.78, 5) is 14.0. The van der Waals surface area contributed by atoms with Gasteiger partial charge in [0.25, 0.3) is 0 Å². The molecule has 2 aromatic rings. The average molecular weight is 333 g/mol. The zero-order valence-electron chi connectivity index (χ0n) is 13.2. The summed E-state index contributed by atoms with van der Waals surface area (Å²) in [6, 6.07) is 6.06. The van der Waals surface area contributed by atoms with E-state index in [2.05, 4.69) is 29.4 Å². The van der Waals surface area contributed by atoms with Gasteiger partial charge in [-0.1, -0.05) is 17.8 Å². The molecule has 1 aliphatic heterocycles. The number of amides is 1. The highest BCUT2D eigenvalue weighted by atomic mass is 32.2. The smallest absolute Gasteiger partial charge is 0.233 e. The van der Waals surface area contributed by atoms with Crippen LogP contribution in [-0.2, 0) is 9.53 Å². The van der Waals surface area contributed by atoms with E-state index in [-0.39, 0.29) is 5.91 Å². The van der Waals surface area contributed by atoms with Crippen LogP contribution >= 0.6 is 11.8 Å². The number of ether oxygens (including phenoxy) is 1. The first-order valence-corrected chi connectivity index (χ1v) is 8.48. The minimum atomic E-state index is 0.0907. The molecular formula is C15H19N5O2S. The van der Waals surface area contributed by atoms with Gasteiger partial charge in [-0.05, 0) is 47.5 Å². The van der Waals surface area contributed by atoms with Crippen molar-refractivity contribution in [3.8, 4) is 5.69 Å². The second-order valence-electron chi connectivity index (χ2n) is 5.42. The van der Waals surface area contributed by atoms with Gasteiger partial charge in [0.15, 0.2) is 0 Å². The van der Waals surface area contributed by atoms with Crippen molar-refractivity contribution in [1.29, 1.82) is 0 Å². The van der Waals surface area contributed by atoms with Crippen molar-refractivity contribution < 1.29 is 9.53 Å². The van der Waals surface area contributed by atoms with Gasteiger partial charge in [0, 0.05) is 13.1 Å². The first kappa shape index (κ1) is 15.9. The first-order valence-electron chi connectivity index (χ1n) is 7.49. The van der Waals surface area contributed by atoms with Crippen LogP contribution in [0.1, 0.15) is 11.1 Å². The van der Waals surface area contributed by atoms with Crippen molar-refractivity contribution in [2.75, 3.05) is 32.1 Å². The number of hydrogen-bond acceptors (Lipinski definition) is 6. The SMILES string of the molecule is Cc1ccc(-n2nnnc2SCC(=O)N2CCOCC2)cc1C. The number of rotatable bonds is 4. The Labute approximate surface area is 139 Å². The predicted molar refractivity (Wildman–Crippen MR) is 86.8 cm³/mol. The summed E-state index contributed by atoms with van der Waals surface area (Å²) in [6.45, 7) is 6.64. The van der Waals surface area contributed by atoms with Crippen LogP contribution in [0.3, 0.4) is 0 Å². The molecule has 2 heterocycles. The number of hydrogen-bond donors (Lipinski definition) is 0. The molecule has 0 atom stereocenters. The molecule has 3 rings (SSSR count). The van der Waals surface area contributed by atoms with Crippen LogP contribution in [0.5, 0.6) is 0 Å². The predicted octanol–water partition coefficient (Wildman–Crippen LogP) is 1.23. The second-order valence-corrected chi connectivity index (χ2v) is 6.37. The minimum Gasteiger partial charge on any atom is -0.378 e. The van der Waals surface area contributed by atoms with Crippen LogP contribution < -0.4 is 0 Å². The highest BCUT2D eigenvalue weighted by Gasteiger charge is 2.18. The molecule has 0 saturated carbocycles. The highest BCUT2D eigenvalue weighted by Crippen LogP contribution is 2.20. The lowest BCUT2D eigenvalue weighted by molar-refractivity contribution is -0.132. The van der Waals surface area contributed by atoms with Gasteiger partial charge in [-0.3, -0.25) is 4.79 Å². The van der Waals surface area contributed by atoms with Gasteiger partial charge >= 0.3 is 0 Å². The Morgan fingerprint density at radius 1 is 1.26 bits per heavy atom. The van der Waals surface area contributed by atoms with E-state index in [1.807, 2.05) is 23.1 Å². The quantitative estimate of drug-likeness (QED) is 0.784. The normalized spacial score (nSPS) is 15.0. The Balaban J connectivity index is 1.68. The average Bonchev–Trinajstić information content (AvgIpc) is 3.04. The third-order valence-corrected chi connectivity index (χ3v) is 4.77. The molecule has 1 amide bonds. The summed E-state index contributed by atoms with van der Waals surface area (Å²) in [5.41, 5.74) is 3.30. The molecule has 1 saturated heterocycles. The number of benzene rings is 1. The Morgan fingerprint density at radius 3 is 2.78 bits per heavy atom. The van der Waals surface area contributed by atoms with Crippen LogP contribution in [0.2, 0.25) is 0 Å². The maximum atomic E-state index is 12.2. The lowest BCUT2D eigenvalue weighted by Crippen LogP contribution is -2.41. The minimum absolute atomic E-state index is 0.0907. The molecular weight excluding hydrogens is 314 g/mol. The molecule has 0 spiro atoms. The Hall–Kier alpha value is -1.93. The first-order chi connectivity index (χ1) is 11.1.